The van der Waals surface area contributed by atoms with Gasteiger partial charge in [-0.15, -0.1) is 0 Å². The molecule has 0 fully saturated rings. The number of benzene rings is 3. The van der Waals surface area contributed by atoms with Crippen molar-refractivity contribution in [2.75, 3.05) is 6.54 Å². The lowest BCUT2D eigenvalue weighted by Gasteiger charge is -2.23. The van der Waals surface area contributed by atoms with Gasteiger partial charge >= 0.3 is 0 Å². The normalized spacial score (nSPS) is 11.5. The van der Waals surface area contributed by atoms with Crippen LogP contribution in [0.1, 0.15) is 33.7 Å². The molecule has 6 nitrogen and oxygen atoms in total. The maximum atomic E-state index is 13.5. The molecule has 0 aliphatic rings. The number of hydrogen-bond donors (Lipinski definition) is 3. The Morgan fingerprint density at radius 3 is 2.03 bits per heavy atom. The Balaban J connectivity index is 1.91. The largest absolute Gasteiger partial charge is 0.343 e. The minimum absolute atomic E-state index is 0.131. The molecule has 0 unspecified atom stereocenters. The highest BCUT2D eigenvalue weighted by atomic mass is 16.2. The standard InChI is InChI=1S/C27H28N4O2/c1-19-14-20(16-21(15-19)18-29)17-24(26(32)30-13-12-28)31-27(33)25(22-8-4-2-5-9-22)23-10-6-3-7-11-23/h2-11,14-16,24-25H,13,17-18,29H2,1H3,(H,30,32)(H,31,33)/t24-/m0/s1. The topological polar surface area (TPSA) is 108 Å². The van der Waals surface area contributed by atoms with Crippen molar-refractivity contribution < 1.29 is 9.59 Å². The van der Waals surface area contributed by atoms with Crippen molar-refractivity contribution in [2.24, 2.45) is 5.73 Å². The summed E-state index contributed by atoms with van der Waals surface area (Å²) in [6, 6.07) is 25.9. The quantitative estimate of drug-likeness (QED) is 0.445. The van der Waals surface area contributed by atoms with Crippen molar-refractivity contribution in [3.05, 3.63) is 107 Å². The van der Waals surface area contributed by atoms with E-state index in [1.807, 2.05) is 91.9 Å². The molecule has 0 spiro atoms. The average Bonchev–Trinajstić information content (AvgIpc) is 2.83. The Morgan fingerprint density at radius 1 is 0.909 bits per heavy atom. The van der Waals surface area contributed by atoms with Gasteiger partial charge in [-0.05, 0) is 29.2 Å². The molecule has 0 saturated carbocycles. The lowest BCUT2D eigenvalue weighted by atomic mass is 9.90. The number of carbonyl (C=O) groups excluding carboxylic acids is 2. The summed E-state index contributed by atoms with van der Waals surface area (Å²) in [6.45, 7) is 2.22. The number of nitrogens with zero attached hydrogens (tertiary/aromatic N) is 1. The maximum absolute atomic E-state index is 13.5. The second-order valence-electron chi connectivity index (χ2n) is 7.93. The van der Waals surface area contributed by atoms with E-state index in [4.69, 9.17) is 11.0 Å². The van der Waals surface area contributed by atoms with Crippen LogP contribution in [0, 0.1) is 18.3 Å². The van der Waals surface area contributed by atoms with Crippen LogP contribution in [0.4, 0.5) is 0 Å². The van der Waals surface area contributed by atoms with E-state index in [0.717, 1.165) is 27.8 Å². The Bertz CT molecular complexity index is 1080. The molecule has 1 atom stereocenters. The molecule has 2 amide bonds. The third-order valence-electron chi connectivity index (χ3n) is 5.38. The summed E-state index contributed by atoms with van der Waals surface area (Å²) < 4.78 is 0. The summed E-state index contributed by atoms with van der Waals surface area (Å²) in [6.07, 6.45) is 0.286. The smallest absolute Gasteiger partial charge is 0.243 e. The minimum atomic E-state index is -0.840. The van der Waals surface area contributed by atoms with E-state index in [1.54, 1.807) is 0 Å². The van der Waals surface area contributed by atoms with E-state index >= 15 is 0 Å². The first kappa shape index (κ1) is 23.7. The molecule has 0 aliphatic heterocycles. The number of rotatable bonds is 9. The van der Waals surface area contributed by atoms with Crippen LogP contribution >= 0.6 is 0 Å². The highest BCUT2D eigenvalue weighted by Crippen LogP contribution is 2.25. The zero-order valence-corrected chi connectivity index (χ0v) is 18.6. The van der Waals surface area contributed by atoms with Crippen molar-refractivity contribution in [3.8, 4) is 6.07 Å². The summed E-state index contributed by atoms with van der Waals surface area (Å²) >= 11 is 0. The third kappa shape index (κ3) is 6.52. The molecule has 3 aromatic rings. The van der Waals surface area contributed by atoms with E-state index < -0.39 is 17.9 Å². The molecule has 0 aromatic heterocycles. The summed E-state index contributed by atoms with van der Waals surface area (Å²) in [4.78, 5) is 26.4. The fourth-order valence-electron chi connectivity index (χ4n) is 3.92. The lowest BCUT2D eigenvalue weighted by Crippen LogP contribution is -2.49. The fourth-order valence-corrected chi connectivity index (χ4v) is 3.92. The van der Waals surface area contributed by atoms with E-state index in [0.29, 0.717) is 6.54 Å². The summed E-state index contributed by atoms with van der Waals surface area (Å²) in [5.41, 5.74) is 10.4. The Labute approximate surface area is 194 Å². The monoisotopic (exact) mass is 440 g/mol. The highest BCUT2D eigenvalue weighted by molar-refractivity contribution is 5.92. The van der Waals surface area contributed by atoms with E-state index in [1.165, 1.54) is 0 Å². The molecule has 3 rings (SSSR count). The van der Waals surface area contributed by atoms with E-state index in [2.05, 4.69) is 10.6 Å². The van der Waals surface area contributed by atoms with Gasteiger partial charge in [0.2, 0.25) is 11.8 Å². The molecule has 33 heavy (non-hydrogen) atoms. The van der Waals surface area contributed by atoms with Crippen LogP contribution in [0.15, 0.2) is 78.9 Å². The summed E-state index contributed by atoms with van der Waals surface area (Å²) in [7, 11) is 0. The van der Waals surface area contributed by atoms with Gasteiger partial charge in [0.25, 0.3) is 0 Å². The van der Waals surface area contributed by atoms with Gasteiger partial charge < -0.3 is 16.4 Å². The Morgan fingerprint density at radius 2 is 1.48 bits per heavy atom. The van der Waals surface area contributed by atoms with E-state index in [9.17, 15) is 9.59 Å². The number of aryl methyl sites for hydroxylation is 1. The highest BCUT2D eigenvalue weighted by Gasteiger charge is 2.28. The van der Waals surface area contributed by atoms with Gasteiger partial charge in [0.05, 0.1) is 12.0 Å². The second kappa shape index (κ2) is 11.6. The first-order valence-electron chi connectivity index (χ1n) is 10.9. The van der Waals surface area contributed by atoms with Crippen LogP contribution in [-0.4, -0.2) is 24.4 Å². The first-order chi connectivity index (χ1) is 16.0. The van der Waals surface area contributed by atoms with Crippen LogP contribution in [0.2, 0.25) is 0 Å². The van der Waals surface area contributed by atoms with E-state index in [-0.39, 0.29) is 18.9 Å². The Hall–Kier alpha value is -3.95. The zero-order valence-electron chi connectivity index (χ0n) is 18.6. The number of nitrogens with two attached hydrogens (primary N) is 1. The predicted octanol–water partition coefficient (Wildman–Crippen LogP) is 2.95. The Kier molecular flexibility index (Phi) is 8.34. The summed E-state index contributed by atoms with van der Waals surface area (Å²) in [5.74, 6) is -1.26. The predicted molar refractivity (Wildman–Crippen MR) is 128 cm³/mol. The van der Waals surface area contributed by atoms with Crippen molar-refractivity contribution >= 4 is 11.8 Å². The average molecular weight is 441 g/mol. The van der Waals surface area contributed by atoms with Gasteiger partial charge in [-0.3, -0.25) is 9.59 Å². The van der Waals surface area contributed by atoms with Gasteiger partial charge in [0, 0.05) is 13.0 Å². The second-order valence-corrected chi connectivity index (χ2v) is 7.93. The van der Waals surface area contributed by atoms with Crippen molar-refractivity contribution in [2.45, 2.75) is 31.8 Å². The van der Waals surface area contributed by atoms with Gasteiger partial charge in [-0.1, -0.05) is 84.4 Å². The molecule has 4 N–H and O–H groups in total. The third-order valence-corrected chi connectivity index (χ3v) is 5.38. The molecule has 0 heterocycles. The van der Waals surface area contributed by atoms with Crippen molar-refractivity contribution in [1.82, 2.24) is 10.6 Å². The molecular weight excluding hydrogens is 412 g/mol. The lowest BCUT2D eigenvalue weighted by molar-refractivity contribution is -0.129. The van der Waals surface area contributed by atoms with Crippen LogP contribution in [-0.2, 0) is 22.6 Å². The van der Waals surface area contributed by atoms with Crippen LogP contribution in [0.3, 0.4) is 0 Å². The fraction of sp³-hybridized carbons (Fsp3) is 0.222. The van der Waals surface area contributed by atoms with Crippen LogP contribution in [0.25, 0.3) is 0 Å². The zero-order chi connectivity index (χ0) is 23.6. The molecule has 168 valence electrons. The number of amides is 2. The van der Waals surface area contributed by atoms with Gasteiger partial charge in [-0.25, -0.2) is 0 Å². The maximum Gasteiger partial charge on any atom is 0.243 e. The van der Waals surface area contributed by atoms with Crippen LogP contribution < -0.4 is 16.4 Å². The molecule has 0 saturated heterocycles. The van der Waals surface area contributed by atoms with Gasteiger partial charge in [0.1, 0.15) is 12.6 Å². The molecule has 3 aromatic carbocycles. The molecule has 0 radical (unpaired) electrons. The van der Waals surface area contributed by atoms with Gasteiger partial charge in [-0.2, -0.15) is 5.26 Å². The van der Waals surface area contributed by atoms with Crippen LogP contribution in [0.5, 0.6) is 0 Å². The summed E-state index contributed by atoms with van der Waals surface area (Å²) in [5, 5.41) is 14.4. The van der Waals surface area contributed by atoms with Gasteiger partial charge in [0.15, 0.2) is 0 Å². The number of nitriles is 1. The SMILES string of the molecule is Cc1cc(CN)cc(C[C@H](NC(=O)C(c2ccccc2)c2ccccc2)C(=O)NCC#N)c1. The minimum Gasteiger partial charge on any atom is -0.343 e. The number of hydrogen-bond acceptors (Lipinski definition) is 4. The number of nitrogens with one attached hydrogen (secondary N) is 2. The van der Waals surface area contributed by atoms with Crippen molar-refractivity contribution in [1.29, 1.82) is 5.26 Å². The molecular formula is C27H28N4O2. The number of carbonyl (C=O) groups is 2. The molecule has 0 aliphatic carbocycles. The van der Waals surface area contributed by atoms with Crippen molar-refractivity contribution in [3.63, 3.8) is 0 Å². The molecule has 0 bridgehead atoms. The molecule has 6 heteroatoms. The first-order valence-corrected chi connectivity index (χ1v) is 10.9.